The molecule has 48 heavy (non-hydrogen) atoms. The van der Waals surface area contributed by atoms with Gasteiger partial charge in [-0.1, -0.05) is 24.3 Å². The van der Waals surface area contributed by atoms with Gasteiger partial charge in [-0.3, -0.25) is 9.36 Å². The van der Waals surface area contributed by atoms with Gasteiger partial charge in [-0.25, -0.2) is 24.4 Å². The van der Waals surface area contributed by atoms with Crippen molar-refractivity contribution in [2.24, 2.45) is 0 Å². The Bertz CT molecular complexity index is 2150. The number of rotatable bonds is 7. The first kappa shape index (κ1) is 30.6. The van der Waals surface area contributed by atoms with Crippen LogP contribution in [0.2, 0.25) is 0 Å². The summed E-state index contributed by atoms with van der Waals surface area (Å²) in [4.78, 5) is 40.0. The zero-order valence-electron chi connectivity index (χ0n) is 26.8. The van der Waals surface area contributed by atoms with Crippen LogP contribution in [0.5, 0.6) is 0 Å². The van der Waals surface area contributed by atoms with E-state index in [2.05, 4.69) is 32.8 Å². The molecule has 6 aromatic rings. The van der Waals surface area contributed by atoms with Gasteiger partial charge in [0.2, 0.25) is 0 Å². The highest BCUT2D eigenvalue weighted by Crippen LogP contribution is 2.36. The second-order valence-electron chi connectivity index (χ2n) is 12.6. The summed E-state index contributed by atoms with van der Waals surface area (Å²) in [6, 6.07) is 22.6. The minimum absolute atomic E-state index is 0.169. The molecule has 1 aliphatic carbocycles. The molecule has 0 aliphatic heterocycles. The zero-order valence-corrected chi connectivity index (χ0v) is 26.8. The number of nitrogens with two attached hydrogens (primary N) is 1. The monoisotopic (exact) mass is 641 g/mol. The number of pyridine rings is 2. The number of nitrogen functional groups attached to an aromatic ring is 1. The van der Waals surface area contributed by atoms with Crippen molar-refractivity contribution >= 4 is 29.0 Å². The van der Waals surface area contributed by atoms with Crippen LogP contribution in [0.3, 0.4) is 0 Å². The molecule has 1 unspecified atom stereocenters. The predicted molar refractivity (Wildman–Crippen MR) is 182 cm³/mol. The molecule has 0 saturated heterocycles. The lowest BCUT2D eigenvalue weighted by Gasteiger charge is -2.20. The third-order valence-corrected chi connectivity index (χ3v) is 8.16. The van der Waals surface area contributed by atoms with Gasteiger partial charge >= 0.3 is 6.09 Å². The summed E-state index contributed by atoms with van der Waals surface area (Å²) in [7, 11) is 0. The average molecular weight is 642 g/mol. The quantitative estimate of drug-likeness (QED) is 0.201. The van der Waals surface area contributed by atoms with E-state index in [1.807, 2.05) is 65.4 Å². The van der Waals surface area contributed by atoms with Crippen molar-refractivity contribution in [2.75, 3.05) is 5.73 Å². The highest BCUT2D eigenvalue weighted by atomic mass is 16.6. The number of alkyl carbamates (subject to hydrolysis) is 1. The van der Waals surface area contributed by atoms with Gasteiger partial charge in [0.05, 0.1) is 11.6 Å². The van der Waals surface area contributed by atoms with Gasteiger partial charge in [0.1, 0.15) is 16.9 Å². The van der Waals surface area contributed by atoms with E-state index < -0.39 is 11.7 Å². The van der Waals surface area contributed by atoms with Gasteiger partial charge in [0, 0.05) is 36.4 Å². The average Bonchev–Trinajstić information content (AvgIpc) is 3.82. The summed E-state index contributed by atoms with van der Waals surface area (Å²) in [5.74, 6) is 1.45. The van der Waals surface area contributed by atoms with Crippen LogP contribution in [0.1, 0.15) is 60.3 Å². The molecule has 242 valence electrons. The molecular weight excluding hydrogens is 606 g/mol. The van der Waals surface area contributed by atoms with Crippen LogP contribution in [0.4, 0.5) is 10.6 Å². The number of benzene rings is 2. The number of ether oxygens (including phenoxy) is 1. The van der Waals surface area contributed by atoms with E-state index in [4.69, 9.17) is 20.4 Å². The number of amides is 2. The Labute approximate surface area is 277 Å². The number of hydrogen-bond donors (Lipinski definition) is 3. The fourth-order valence-corrected chi connectivity index (χ4v) is 6.02. The van der Waals surface area contributed by atoms with Gasteiger partial charge in [-0.2, -0.15) is 5.10 Å². The van der Waals surface area contributed by atoms with Crippen LogP contribution in [-0.4, -0.2) is 46.9 Å². The van der Waals surface area contributed by atoms with E-state index >= 15 is 0 Å². The second-order valence-corrected chi connectivity index (χ2v) is 12.6. The molecular formula is C36H35N9O3. The number of fused-ring (bicyclic) bond motifs is 2. The fraction of sp³-hybridized carbons (Fsp3) is 0.222. The summed E-state index contributed by atoms with van der Waals surface area (Å²) >= 11 is 0. The number of aryl methyl sites for hydroxylation is 1. The number of hydrogen-bond acceptors (Lipinski definition) is 8. The molecule has 4 heterocycles. The normalized spacial score (nSPS) is 14.1. The van der Waals surface area contributed by atoms with Crippen LogP contribution in [0.15, 0.2) is 91.4 Å². The molecule has 0 saturated carbocycles. The van der Waals surface area contributed by atoms with Gasteiger partial charge in [0.25, 0.3) is 5.91 Å². The van der Waals surface area contributed by atoms with E-state index in [0.29, 0.717) is 45.3 Å². The lowest BCUT2D eigenvalue weighted by Crippen LogP contribution is -2.33. The SMILES string of the molecule is CC(C)(C)OC(=O)NCc1ccccc1C(=O)NC1CCc2cc(-n3c(-c4cccnc4N)nc4ccc(-n5cccn5)nc43)ccc21. The maximum atomic E-state index is 13.6. The van der Waals surface area contributed by atoms with Gasteiger partial charge < -0.3 is 21.1 Å². The molecule has 12 heteroatoms. The summed E-state index contributed by atoms with van der Waals surface area (Å²) in [5.41, 5.74) is 12.0. The number of nitrogens with zero attached hydrogens (tertiary/aromatic N) is 6. The number of imidazole rings is 1. The molecule has 4 aromatic heterocycles. The van der Waals surface area contributed by atoms with Gasteiger partial charge in [-0.15, -0.1) is 0 Å². The summed E-state index contributed by atoms with van der Waals surface area (Å²) in [6.45, 7) is 5.58. The molecule has 0 radical (unpaired) electrons. The number of carbonyl (C=O) groups is 2. The summed E-state index contributed by atoms with van der Waals surface area (Å²) in [5, 5.41) is 10.3. The summed E-state index contributed by atoms with van der Waals surface area (Å²) in [6.07, 6.45) is 6.19. The predicted octanol–water partition coefficient (Wildman–Crippen LogP) is 5.69. The molecule has 12 nitrogen and oxygen atoms in total. The van der Waals surface area contributed by atoms with Crippen LogP contribution < -0.4 is 16.4 Å². The Balaban J connectivity index is 1.18. The van der Waals surface area contributed by atoms with E-state index in [1.54, 1.807) is 43.9 Å². The van der Waals surface area contributed by atoms with Gasteiger partial charge in [0.15, 0.2) is 17.3 Å². The Kier molecular flexibility index (Phi) is 7.83. The van der Waals surface area contributed by atoms with Crippen molar-refractivity contribution in [1.82, 2.24) is 39.9 Å². The van der Waals surface area contributed by atoms with Crippen molar-refractivity contribution in [1.29, 1.82) is 0 Å². The molecule has 0 fully saturated rings. The lowest BCUT2D eigenvalue weighted by molar-refractivity contribution is 0.0522. The Hall–Kier alpha value is -6.04. The van der Waals surface area contributed by atoms with Crippen LogP contribution in [0, 0.1) is 0 Å². The fourth-order valence-electron chi connectivity index (χ4n) is 6.02. The third-order valence-electron chi connectivity index (χ3n) is 8.16. The highest BCUT2D eigenvalue weighted by molar-refractivity contribution is 5.96. The standard InChI is InChI=1S/C36H35N9O3/c1-36(2,3)48-35(47)39-21-23-8-4-5-9-26(23)34(46)42-28-14-11-22-20-24(12-13-25(22)28)45-32(27-10-6-17-38-31(27)37)41-29-15-16-30(43-33(29)45)44-19-7-18-40-44/h4-10,12-13,15-20,28H,11,14,21H2,1-3H3,(H2,37,38)(H,39,47)(H,42,46). The molecule has 2 amide bonds. The number of aromatic nitrogens is 6. The first-order valence-corrected chi connectivity index (χ1v) is 15.7. The molecule has 0 spiro atoms. The van der Waals surface area contributed by atoms with Crippen molar-refractivity contribution in [3.8, 4) is 22.9 Å². The van der Waals surface area contributed by atoms with Crippen molar-refractivity contribution in [3.63, 3.8) is 0 Å². The molecule has 4 N–H and O–H groups in total. The van der Waals surface area contributed by atoms with Crippen molar-refractivity contribution in [2.45, 2.75) is 51.8 Å². The number of anilines is 1. The van der Waals surface area contributed by atoms with Crippen LogP contribution in [0.25, 0.3) is 34.1 Å². The van der Waals surface area contributed by atoms with E-state index in [9.17, 15) is 9.59 Å². The Morgan fingerprint density at radius 3 is 2.65 bits per heavy atom. The first-order valence-electron chi connectivity index (χ1n) is 15.7. The number of nitrogens with one attached hydrogen (secondary N) is 2. The molecule has 7 rings (SSSR count). The van der Waals surface area contributed by atoms with E-state index in [-0.39, 0.29) is 18.5 Å². The van der Waals surface area contributed by atoms with Crippen molar-refractivity contribution in [3.05, 3.63) is 114 Å². The zero-order chi connectivity index (χ0) is 33.4. The second kappa shape index (κ2) is 12.3. The maximum absolute atomic E-state index is 13.6. The smallest absolute Gasteiger partial charge is 0.407 e. The minimum Gasteiger partial charge on any atom is -0.444 e. The molecule has 1 atom stereocenters. The largest absolute Gasteiger partial charge is 0.444 e. The molecule has 2 aromatic carbocycles. The Morgan fingerprint density at radius 1 is 1.00 bits per heavy atom. The number of carbonyl (C=O) groups excluding carboxylic acids is 2. The molecule has 0 bridgehead atoms. The summed E-state index contributed by atoms with van der Waals surface area (Å²) < 4.78 is 9.05. The van der Waals surface area contributed by atoms with E-state index in [1.165, 1.54) is 0 Å². The van der Waals surface area contributed by atoms with Gasteiger partial charge in [-0.05, 0) is 98.8 Å². The maximum Gasteiger partial charge on any atom is 0.407 e. The lowest BCUT2D eigenvalue weighted by atomic mass is 10.0. The molecule has 1 aliphatic rings. The topological polar surface area (TPSA) is 155 Å². The van der Waals surface area contributed by atoms with E-state index in [0.717, 1.165) is 29.7 Å². The van der Waals surface area contributed by atoms with Crippen LogP contribution >= 0.6 is 0 Å². The third kappa shape index (κ3) is 6.07. The van der Waals surface area contributed by atoms with Crippen LogP contribution in [-0.2, 0) is 17.7 Å². The highest BCUT2D eigenvalue weighted by Gasteiger charge is 2.27. The first-order chi connectivity index (χ1) is 23.1. The van der Waals surface area contributed by atoms with Crippen molar-refractivity contribution < 1.29 is 14.3 Å². The Morgan fingerprint density at radius 2 is 1.85 bits per heavy atom. The minimum atomic E-state index is -0.616.